The summed E-state index contributed by atoms with van der Waals surface area (Å²) in [4.78, 5) is 2.29. The third kappa shape index (κ3) is 4.08. The molecule has 256 valence electrons. The molecule has 0 amide bonds. The van der Waals surface area contributed by atoms with E-state index in [9.17, 15) is 2.74 Å². The molecular weight excluding hydrogens is 665 g/mol. The summed E-state index contributed by atoms with van der Waals surface area (Å²) in [6.45, 7) is 0. The van der Waals surface area contributed by atoms with Crippen LogP contribution < -0.4 is 4.90 Å². The van der Waals surface area contributed by atoms with Crippen LogP contribution in [-0.4, -0.2) is 4.57 Å². The molecule has 12 rings (SSSR count). The van der Waals surface area contributed by atoms with Crippen molar-refractivity contribution in [3.8, 4) is 27.9 Å². The monoisotopic (exact) mass is 702 g/mol. The normalized spacial score (nSPS) is 16.0. The number of hydrogen-bond donors (Lipinski definition) is 0. The Morgan fingerprint density at radius 3 is 1.96 bits per heavy atom. The number of hydrogen-bond acceptors (Lipinski definition) is 1. The first kappa shape index (κ1) is 26.6. The number of anilines is 3. The predicted molar refractivity (Wildman–Crippen MR) is 229 cm³/mol. The van der Waals surface area contributed by atoms with Crippen molar-refractivity contribution in [2.75, 3.05) is 4.90 Å². The van der Waals surface area contributed by atoms with Crippen LogP contribution in [0.3, 0.4) is 0 Å². The second-order valence-electron chi connectivity index (χ2n) is 14.5. The Morgan fingerprint density at radius 2 is 1.07 bits per heavy atom. The van der Waals surface area contributed by atoms with Crippen molar-refractivity contribution in [2.45, 2.75) is 5.41 Å². The maximum absolute atomic E-state index is 9.69. The summed E-state index contributed by atoms with van der Waals surface area (Å²) in [7, 11) is 0. The van der Waals surface area contributed by atoms with Crippen molar-refractivity contribution in [3.63, 3.8) is 0 Å². The first-order chi connectivity index (χ1) is 29.0. The second-order valence-corrected chi connectivity index (χ2v) is 14.5. The van der Waals surface area contributed by atoms with Gasteiger partial charge in [0.2, 0.25) is 0 Å². The van der Waals surface area contributed by atoms with E-state index in [1.807, 2.05) is 12.1 Å². The summed E-state index contributed by atoms with van der Waals surface area (Å²) in [6, 6.07) is 63.4. The summed E-state index contributed by atoms with van der Waals surface area (Å²) in [5, 5.41) is 4.54. The van der Waals surface area contributed by atoms with Crippen molar-refractivity contribution in [1.82, 2.24) is 4.57 Å². The number of aromatic nitrogens is 1. The maximum Gasteiger partial charge on any atom is 0.0726 e. The average Bonchev–Trinajstić information content (AvgIpc) is 3.78. The summed E-state index contributed by atoms with van der Waals surface area (Å²) in [5.41, 5.74) is 12.3. The van der Waals surface area contributed by atoms with Gasteiger partial charge in [-0.3, -0.25) is 0 Å². The molecule has 1 atom stereocenters. The standard InChI is InChI=1S/C53H34N2/c1-3-17-36(18-4-1)54(39-30-32-44-43-23-9-12-28-50(43)55(51(44)34-39)37-19-5-2-6-20-37)38-29-31-42-40-21-7-10-25-46(40)53(49(42)33-38)47-26-11-8-22-41(47)45-24-13-15-35-16-14-27-48(53)52(35)45/h1-34H/i7D,10D,21D,25D. The van der Waals surface area contributed by atoms with Gasteiger partial charge in [-0.15, -0.1) is 0 Å². The van der Waals surface area contributed by atoms with Gasteiger partial charge in [0.1, 0.15) is 0 Å². The van der Waals surface area contributed by atoms with Gasteiger partial charge < -0.3 is 9.47 Å². The minimum atomic E-state index is -1.03. The van der Waals surface area contributed by atoms with E-state index in [2.05, 4.69) is 179 Å². The summed E-state index contributed by atoms with van der Waals surface area (Å²) in [5.74, 6) is 0. The van der Waals surface area contributed by atoms with Crippen LogP contribution in [-0.2, 0) is 5.41 Å². The first-order valence-corrected chi connectivity index (χ1v) is 18.8. The fraction of sp³-hybridized carbons (Fsp3) is 0.0189. The highest BCUT2D eigenvalue weighted by atomic mass is 15.1. The van der Waals surface area contributed by atoms with E-state index in [0.29, 0.717) is 11.1 Å². The van der Waals surface area contributed by atoms with E-state index in [1.165, 1.54) is 10.8 Å². The van der Waals surface area contributed by atoms with E-state index >= 15 is 0 Å². The van der Waals surface area contributed by atoms with Gasteiger partial charge in [-0.05, 0) is 110 Å². The molecule has 0 bridgehead atoms. The maximum atomic E-state index is 9.69. The molecule has 1 unspecified atom stereocenters. The van der Waals surface area contributed by atoms with Crippen molar-refractivity contribution in [3.05, 3.63) is 228 Å². The molecule has 2 aliphatic rings. The van der Waals surface area contributed by atoms with Gasteiger partial charge in [0, 0.05) is 33.5 Å². The number of benzene rings is 9. The van der Waals surface area contributed by atoms with Gasteiger partial charge in [0.05, 0.1) is 21.9 Å². The molecule has 10 aromatic rings. The van der Waals surface area contributed by atoms with Gasteiger partial charge in [0.15, 0.2) is 0 Å². The van der Waals surface area contributed by atoms with E-state index in [1.54, 1.807) is 0 Å². The van der Waals surface area contributed by atoms with Crippen LogP contribution in [0.15, 0.2) is 206 Å². The Morgan fingerprint density at radius 1 is 0.418 bits per heavy atom. The molecule has 2 heteroatoms. The lowest BCUT2D eigenvalue weighted by atomic mass is 9.61. The van der Waals surface area contributed by atoms with Crippen molar-refractivity contribution in [1.29, 1.82) is 0 Å². The van der Waals surface area contributed by atoms with E-state index in [4.69, 9.17) is 2.74 Å². The Labute approximate surface area is 325 Å². The smallest absolute Gasteiger partial charge is 0.0726 e. The fourth-order valence-corrected chi connectivity index (χ4v) is 9.74. The van der Waals surface area contributed by atoms with Crippen LogP contribution in [0.2, 0.25) is 0 Å². The van der Waals surface area contributed by atoms with E-state index < -0.39 is 5.41 Å². The Kier molecular flexibility index (Phi) is 5.52. The summed E-state index contributed by atoms with van der Waals surface area (Å²) in [6.07, 6.45) is 0. The second kappa shape index (κ2) is 11.4. The number of nitrogens with zero attached hydrogens (tertiary/aromatic N) is 2. The van der Waals surface area contributed by atoms with Gasteiger partial charge in [-0.25, -0.2) is 0 Å². The number of rotatable bonds is 4. The van der Waals surface area contributed by atoms with Crippen LogP contribution in [0.4, 0.5) is 17.1 Å². The topological polar surface area (TPSA) is 8.17 Å². The molecule has 0 radical (unpaired) electrons. The van der Waals surface area contributed by atoms with Gasteiger partial charge in [-0.1, -0.05) is 152 Å². The number of para-hydroxylation sites is 3. The Balaban J connectivity index is 1.19. The number of fused-ring (bicyclic) bond motifs is 12. The van der Waals surface area contributed by atoms with Crippen molar-refractivity contribution in [2.24, 2.45) is 0 Å². The third-order valence-corrected chi connectivity index (χ3v) is 11.9. The van der Waals surface area contributed by atoms with Gasteiger partial charge >= 0.3 is 0 Å². The van der Waals surface area contributed by atoms with Gasteiger partial charge in [-0.2, -0.15) is 0 Å². The third-order valence-electron chi connectivity index (χ3n) is 11.9. The highest BCUT2D eigenvalue weighted by Crippen LogP contribution is 2.62. The summed E-state index contributed by atoms with van der Waals surface area (Å²) >= 11 is 0. The lowest BCUT2D eigenvalue weighted by Crippen LogP contribution is -2.32. The van der Waals surface area contributed by atoms with Crippen molar-refractivity contribution >= 4 is 49.6 Å². The van der Waals surface area contributed by atoms with Crippen LogP contribution in [0, 0.1) is 0 Å². The molecule has 55 heavy (non-hydrogen) atoms. The molecular formula is C53H34N2. The Hall–Kier alpha value is -7.16. The molecule has 9 aromatic carbocycles. The molecule has 1 spiro atoms. The summed E-state index contributed by atoms with van der Waals surface area (Å²) < 4.78 is 39.4. The zero-order chi connectivity index (χ0) is 39.6. The minimum absolute atomic E-state index is 0.0101. The molecule has 1 heterocycles. The SMILES string of the molecule is [2H]c1c([2H])c([2H])c2c(c1[2H])-c1ccc(N(c3ccccc3)c3ccc4c5ccccc5n(-c5ccccc5)c4c3)cc1C21c2ccccc2-c2cccc3cccc1c23. The highest BCUT2D eigenvalue weighted by Gasteiger charge is 2.50. The molecule has 0 aliphatic heterocycles. The average molecular weight is 703 g/mol. The molecule has 2 nitrogen and oxygen atoms in total. The van der Waals surface area contributed by atoms with Gasteiger partial charge in [0.25, 0.3) is 0 Å². The quantitative estimate of drug-likeness (QED) is 0.177. The van der Waals surface area contributed by atoms with Crippen LogP contribution in [0.25, 0.3) is 60.5 Å². The predicted octanol–water partition coefficient (Wildman–Crippen LogP) is 13.8. The lowest BCUT2D eigenvalue weighted by molar-refractivity contribution is 0.773. The Bertz CT molecular complexity index is 3390. The minimum Gasteiger partial charge on any atom is -0.310 e. The van der Waals surface area contributed by atoms with Crippen molar-refractivity contribution < 1.29 is 5.48 Å². The highest BCUT2D eigenvalue weighted by molar-refractivity contribution is 6.11. The molecule has 0 N–H and O–H groups in total. The molecule has 0 fully saturated rings. The molecule has 2 aliphatic carbocycles. The van der Waals surface area contributed by atoms with Crippen LogP contribution in [0.5, 0.6) is 0 Å². The van der Waals surface area contributed by atoms with E-state index in [0.717, 1.165) is 77.9 Å². The lowest BCUT2D eigenvalue weighted by Gasteiger charge is -2.40. The molecule has 0 saturated heterocycles. The van der Waals surface area contributed by atoms with Crippen LogP contribution in [0.1, 0.15) is 27.7 Å². The molecule has 1 aromatic heterocycles. The molecule has 0 saturated carbocycles. The van der Waals surface area contributed by atoms with E-state index in [-0.39, 0.29) is 24.2 Å². The zero-order valence-corrected chi connectivity index (χ0v) is 29.7. The first-order valence-electron chi connectivity index (χ1n) is 20.8. The fourth-order valence-electron chi connectivity index (χ4n) is 9.74. The zero-order valence-electron chi connectivity index (χ0n) is 33.7. The largest absolute Gasteiger partial charge is 0.310 e. The van der Waals surface area contributed by atoms with Crippen LogP contribution >= 0.6 is 0 Å².